The van der Waals surface area contributed by atoms with Gasteiger partial charge in [-0.25, -0.2) is 0 Å². The molecular weight excluding hydrogens is 406 g/mol. The molecule has 3 aliphatic carbocycles. The Labute approximate surface area is 198 Å². The van der Waals surface area contributed by atoms with Gasteiger partial charge in [-0.1, -0.05) is 57.8 Å². The zero-order valence-corrected chi connectivity index (χ0v) is 21.6. The molecule has 7 rings (SSSR count). The van der Waals surface area contributed by atoms with Crippen LogP contribution in [0.3, 0.4) is 0 Å². The first-order chi connectivity index (χ1) is 15.9. The van der Waals surface area contributed by atoms with E-state index in [1.165, 1.54) is 84.0 Å². The highest BCUT2D eigenvalue weighted by molar-refractivity contribution is 6.86. The van der Waals surface area contributed by atoms with Crippen LogP contribution in [0.2, 0.25) is 22.2 Å². The van der Waals surface area contributed by atoms with Crippen LogP contribution in [0.15, 0.2) is 0 Å². The van der Waals surface area contributed by atoms with Gasteiger partial charge in [0.2, 0.25) is 0 Å². The van der Waals surface area contributed by atoms with Gasteiger partial charge in [-0.2, -0.15) is 0 Å². The van der Waals surface area contributed by atoms with Crippen molar-refractivity contribution in [3.05, 3.63) is 0 Å². The maximum Gasteiger partial charge on any atom is 0.0721 e. The number of nitrogens with one attached hydrogen (secondary N) is 2. The lowest BCUT2D eigenvalue weighted by Crippen LogP contribution is -2.71. The molecule has 4 heterocycles. The second-order valence-corrected chi connectivity index (χ2v) is 18.1. The highest BCUT2D eigenvalue weighted by Crippen LogP contribution is 2.72. The zero-order valence-electron chi connectivity index (χ0n) is 20.6. The summed E-state index contributed by atoms with van der Waals surface area (Å²) >= 11 is 0. The van der Waals surface area contributed by atoms with Crippen molar-refractivity contribution in [3.63, 3.8) is 0 Å². The van der Waals surface area contributed by atoms with E-state index in [1.54, 1.807) is 38.5 Å². The first kappa shape index (κ1) is 21.4. The Morgan fingerprint density at radius 3 is 1.56 bits per heavy atom. The van der Waals surface area contributed by atoms with E-state index in [-0.39, 0.29) is 0 Å². The molecule has 8 unspecified atom stereocenters. The third kappa shape index (κ3) is 3.00. The summed E-state index contributed by atoms with van der Waals surface area (Å²) < 4.78 is 0. The van der Waals surface area contributed by atoms with E-state index in [0.29, 0.717) is 0 Å². The van der Waals surface area contributed by atoms with Crippen LogP contribution >= 0.6 is 0 Å². The van der Waals surface area contributed by atoms with E-state index in [1.807, 2.05) is 0 Å². The number of fused-ring (bicyclic) bond motifs is 9. The van der Waals surface area contributed by atoms with Crippen LogP contribution < -0.4 is 10.6 Å². The van der Waals surface area contributed by atoms with Crippen LogP contribution in [-0.2, 0) is 0 Å². The van der Waals surface area contributed by atoms with Gasteiger partial charge in [0, 0.05) is 18.1 Å². The second kappa shape index (κ2) is 8.64. The van der Waals surface area contributed by atoms with Crippen molar-refractivity contribution in [2.75, 3.05) is 26.2 Å². The summed E-state index contributed by atoms with van der Waals surface area (Å²) in [5, 5.41) is 8.01. The summed E-state index contributed by atoms with van der Waals surface area (Å²) in [6.45, 7) is 5.47. The predicted octanol–water partition coefficient (Wildman–Crippen LogP) is 5.68. The summed E-state index contributed by atoms with van der Waals surface area (Å²) in [6.07, 6.45) is 23.2. The van der Waals surface area contributed by atoms with Gasteiger partial charge in [0.1, 0.15) is 0 Å². The van der Waals surface area contributed by atoms with Crippen LogP contribution in [0.1, 0.15) is 96.3 Å². The smallest absolute Gasteiger partial charge is 0.0721 e. The molecule has 4 heteroatoms. The Hall–Kier alpha value is 0.0969. The Kier molecular flexibility index (Phi) is 5.77. The van der Waals surface area contributed by atoms with E-state index in [0.717, 1.165) is 52.1 Å². The number of rotatable bonds is 1. The van der Waals surface area contributed by atoms with E-state index in [9.17, 15) is 0 Å². The average Bonchev–Trinajstić information content (AvgIpc) is 3.16. The minimum Gasteiger partial charge on any atom is -0.317 e. The molecule has 8 atom stereocenters. The molecule has 32 heavy (non-hydrogen) atoms. The summed E-state index contributed by atoms with van der Waals surface area (Å²) in [6, 6.07) is 2.93. The molecule has 0 aromatic rings. The van der Waals surface area contributed by atoms with Crippen LogP contribution in [0, 0.1) is 11.8 Å². The molecule has 4 aliphatic heterocycles. The Morgan fingerprint density at radius 2 is 1.00 bits per heavy atom. The lowest BCUT2D eigenvalue weighted by molar-refractivity contribution is 0.00372. The highest BCUT2D eigenvalue weighted by atomic mass is 28.3. The molecule has 3 saturated carbocycles. The minimum absolute atomic E-state index is 0.952. The van der Waals surface area contributed by atoms with Crippen molar-refractivity contribution >= 4 is 8.07 Å². The first-order valence-electron chi connectivity index (χ1n) is 15.1. The van der Waals surface area contributed by atoms with Crippen LogP contribution in [0.4, 0.5) is 0 Å². The van der Waals surface area contributed by atoms with Gasteiger partial charge in [-0.05, 0) is 98.7 Å². The predicted molar refractivity (Wildman–Crippen MR) is 136 cm³/mol. The Morgan fingerprint density at radius 1 is 0.500 bits per heavy atom. The number of hydrogen-bond acceptors (Lipinski definition) is 3. The standard InChI is InChI=1S/C28H49N3Si/c1-2-8-20(9-3-1)31-23-10-4-6-12-25(23)32(26-13-7-5-11-24(26)31)27-18-29-16-14-21(27)22-15-17-30-19-28(22)32/h20-30H,1-19H2. The maximum atomic E-state index is 4.00. The topological polar surface area (TPSA) is 27.3 Å². The maximum absolute atomic E-state index is 4.00. The van der Waals surface area contributed by atoms with E-state index < -0.39 is 8.07 Å². The molecule has 0 radical (unpaired) electrons. The summed E-state index contributed by atoms with van der Waals surface area (Å²) in [7, 11) is -1.44. The van der Waals surface area contributed by atoms with Crippen LogP contribution in [0.5, 0.6) is 0 Å². The lowest BCUT2D eigenvalue weighted by atomic mass is 9.80. The Bertz CT molecular complexity index is 630. The zero-order chi connectivity index (χ0) is 21.1. The number of piperidine rings is 2. The van der Waals surface area contributed by atoms with Crippen molar-refractivity contribution < 1.29 is 0 Å². The molecule has 4 saturated heterocycles. The monoisotopic (exact) mass is 455 g/mol. The molecule has 7 fully saturated rings. The highest BCUT2D eigenvalue weighted by Gasteiger charge is 2.72. The average molecular weight is 456 g/mol. The third-order valence-electron chi connectivity index (χ3n) is 12.4. The van der Waals surface area contributed by atoms with Crippen molar-refractivity contribution in [2.45, 2.75) is 137 Å². The second-order valence-electron chi connectivity index (χ2n) is 13.2. The van der Waals surface area contributed by atoms with Gasteiger partial charge in [-0.15, -0.1) is 0 Å². The SMILES string of the molecule is C1CCC(N2C3CCCCC3[Si]3(C4CNCCC4C4CCNCC43)C3CCCCC32)CC1. The first-order valence-corrected chi connectivity index (χ1v) is 17.4. The van der Waals surface area contributed by atoms with Gasteiger partial charge in [0.25, 0.3) is 0 Å². The third-order valence-corrected chi connectivity index (χ3v) is 20.2. The van der Waals surface area contributed by atoms with Crippen molar-refractivity contribution in [2.24, 2.45) is 11.8 Å². The number of nitrogens with zero attached hydrogens (tertiary/aromatic N) is 1. The van der Waals surface area contributed by atoms with Crippen molar-refractivity contribution in [3.8, 4) is 0 Å². The normalized spacial score (nSPS) is 52.1. The van der Waals surface area contributed by atoms with E-state index in [2.05, 4.69) is 15.5 Å². The number of hydrogen-bond donors (Lipinski definition) is 2. The van der Waals surface area contributed by atoms with Gasteiger partial charge in [0.05, 0.1) is 8.07 Å². The van der Waals surface area contributed by atoms with E-state index >= 15 is 0 Å². The molecule has 0 aromatic carbocycles. The van der Waals surface area contributed by atoms with Gasteiger partial charge < -0.3 is 10.6 Å². The largest absolute Gasteiger partial charge is 0.317 e. The summed E-state index contributed by atoms with van der Waals surface area (Å²) in [4.78, 5) is 3.33. The van der Waals surface area contributed by atoms with Gasteiger partial charge >= 0.3 is 0 Å². The van der Waals surface area contributed by atoms with Gasteiger partial charge in [-0.3, -0.25) is 4.90 Å². The molecular formula is C28H49N3Si. The molecule has 0 amide bonds. The quantitative estimate of drug-likeness (QED) is 0.498. The molecule has 7 aliphatic rings. The lowest BCUT2D eigenvalue weighted by Gasteiger charge is -2.67. The van der Waals surface area contributed by atoms with Crippen LogP contribution in [-0.4, -0.2) is 57.3 Å². The fourth-order valence-electron chi connectivity index (χ4n) is 11.8. The molecule has 180 valence electrons. The van der Waals surface area contributed by atoms with Crippen molar-refractivity contribution in [1.82, 2.24) is 15.5 Å². The molecule has 0 aromatic heterocycles. The fraction of sp³-hybridized carbons (Fsp3) is 1.00. The fourth-order valence-corrected chi connectivity index (χ4v) is 21.8. The molecule has 3 nitrogen and oxygen atoms in total. The molecule has 1 spiro atoms. The summed E-state index contributed by atoms with van der Waals surface area (Å²) in [5.74, 6) is 2.20. The molecule has 2 N–H and O–H groups in total. The van der Waals surface area contributed by atoms with Crippen LogP contribution in [0.25, 0.3) is 0 Å². The summed E-state index contributed by atoms with van der Waals surface area (Å²) in [5.41, 5.74) is 4.52. The van der Waals surface area contributed by atoms with E-state index in [4.69, 9.17) is 0 Å². The van der Waals surface area contributed by atoms with Crippen molar-refractivity contribution in [1.29, 1.82) is 0 Å². The molecule has 0 bridgehead atoms. The van der Waals surface area contributed by atoms with Gasteiger partial charge in [0.15, 0.2) is 0 Å². The Balaban J connectivity index is 1.36. The minimum atomic E-state index is -1.44.